The van der Waals surface area contributed by atoms with Crippen LogP contribution in [0, 0.1) is 0 Å². The minimum atomic E-state index is -0.343. The Morgan fingerprint density at radius 2 is 2.40 bits per heavy atom. The molecule has 10 heavy (non-hydrogen) atoms. The number of hydrogen-bond donors (Lipinski definition) is 0. The van der Waals surface area contributed by atoms with E-state index in [1.54, 1.807) is 0 Å². The highest BCUT2D eigenvalue weighted by molar-refractivity contribution is 5.98. The SMILES string of the molecule is CCC1=C(C=O)COC1=O. The fourth-order valence-corrected chi connectivity index (χ4v) is 0.925. The quantitative estimate of drug-likeness (QED) is 0.413. The zero-order valence-electron chi connectivity index (χ0n) is 5.72. The van der Waals surface area contributed by atoms with Gasteiger partial charge in [-0.25, -0.2) is 4.79 Å². The fraction of sp³-hybridized carbons (Fsp3) is 0.429. The summed E-state index contributed by atoms with van der Waals surface area (Å²) in [5.74, 6) is -0.343. The van der Waals surface area contributed by atoms with Crippen molar-refractivity contribution >= 4 is 12.3 Å². The van der Waals surface area contributed by atoms with Gasteiger partial charge in [0.2, 0.25) is 0 Å². The smallest absolute Gasteiger partial charge is 0.334 e. The van der Waals surface area contributed by atoms with Gasteiger partial charge in [0.25, 0.3) is 0 Å². The van der Waals surface area contributed by atoms with E-state index in [9.17, 15) is 9.59 Å². The summed E-state index contributed by atoms with van der Waals surface area (Å²) < 4.78 is 4.62. The molecule has 0 unspecified atom stereocenters. The van der Waals surface area contributed by atoms with E-state index < -0.39 is 0 Å². The molecule has 3 heteroatoms. The van der Waals surface area contributed by atoms with Gasteiger partial charge in [0, 0.05) is 11.1 Å². The van der Waals surface area contributed by atoms with Gasteiger partial charge in [-0.05, 0) is 6.42 Å². The second-order valence-electron chi connectivity index (χ2n) is 2.05. The van der Waals surface area contributed by atoms with Crippen molar-refractivity contribution in [1.29, 1.82) is 0 Å². The van der Waals surface area contributed by atoms with Crippen LogP contribution in [-0.4, -0.2) is 18.9 Å². The van der Waals surface area contributed by atoms with E-state index in [0.29, 0.717) is 23.9 Å². The summed E-state index contributed by atoms with van der Waals surface area (Å²) in [5, 5.41) is 0. The molecule has 0 amide bonds. The number of ether oxygens (including phenoxy) is 1. The largest absolute Gasteiger partial charge is 0.457 e. The predicted molar refractivity (Wildman–Crippen MR) is 34.3 cm³/mol. The lowest BCUT2D eigenvalue weighted by atomic mass is 10.1. The van der Waals surface area contributed by atoms with Crippen molar-refractivity contribution in [2.45, 2.75) is 13.3 Å². The summed E-state index contributed by atoms with van der Waals surface area (Å²) in [7, 11) is 0. The van der Waals surface area contributed by atoms with Gasteiger partial charge in [0.05, 0.1) is 0 Å². The third-order valence-corrected chi connectivity index (χ3v) is 1.49. The lowest BCUT2D eigenvalue weighted by Crippen LogP contribution is -1.97. The maximum atomic E-state index is 10.7. The van der Waals surface area contributed by atoms with Gasteiger partial charge in [-0.1, -0.05) is 6.92 Å². The van der Waals surface area contributed by atoms with Gasteiger partial charge in [-0.15, -0.1) is 0 Å². The van der Waals surface area contributed by atoms with Crippen molar-refractivity contribution in [2.75, 3.05) is 6.61 Å². The summed E-state index contributed by atoms with van der Waals surface area (Å²) in [5.41, 5.74) is 1.02. The molecule has 1 rings (SSSR count). The topological polar surface area (TPSA) is 43.4 Å². The van der Waals surface area contributed by atoms with E-state index in [1.807, 2.05) is 6.92 Å². The molecule has 1 aliphatic heterocycles. The third-order valence-electron chi connectivity index (χ3n) is 1.49. The van der Waals surface area contributed by atoms with E-state index in [1.165, 1.54) is 0 Å². The molecule has 1 heterocycles. The molecule has 0 saturated heterocycles. The van der Waals surface area contributed by atoms with E-state index in [-0.39, 0.29) is 12.6 Å². The highest BCUT2D eigenvalue weighted by Crippen LogP contribution is 2.16. The molecule has 0 fully saturated rings. The molecule has 1 aliphatic rings. The molecule has 0 saturated carbocycles. The number of carbonyl (C=O) groups is 2. The summed E-state index contributed by atoms with van der Waals surface area (Å²) in [6, 6.07) is 0. The Morgan fingerprint density at radius 3 is 2.80 bits per heavy atom. The van der Waals surface area contributed by atoms with Gasteiger partial charge in [-0.3, -0.25) is 4.79 Å². The highest BCUT2D eigenvalue weighted by Gasteiger charge is 2.21. The van der Waals surface area contributed by atoms with E-state index >= 15 is 0 Å². The monoisotopic (exact) mass is 140 g/mol. The van der Waals surface area contributed by atoms with Crippen LogP contribution in [-0.2, 0) is 14.3 Å². The Kier molecular flexibility index (Phi) is 1.85. The fourth-order valence-electron chi connectivity index (χ4n) is 0.925. The minimum Gasteiger partial charge on any atom is -0.457 e. The first-order valence-electron chi connectivity index (χ1n) is 3.14. The van der Waals surface area contributed by atoms with Crippen LogP contribution in [0.2, 0.25) is 0 Å². The average molecular weight is 140 g/mol. The second-order valence-corrected chi connectivity index (χ2v) is 2.05. The van der Waals surface area contributed by atoms with Crippen LogP contribution in [0.4, 0.5) is 0 Å². The first-order valence-corrected chi connectivity index (χ1v) is 3.14. The number of rotatable bonds is 2. The van der Waals surface area contributed by atoms with E-state index in [4.69, 9.17) is 0 Å². The molecular formula is C7H8O3. The van der Waals surface area contributed by atoms with E-state index in [2.05, 4.69) is 4.74 Å². The van der Waals surface area contributed by atoms with Gasteiger partial charge < -0.3 is 4.74 Å². The predicted octanol–water partition coefficient (Wildman–Crippen LogP) is 0.449. The number of carbonyl (C=O) groups excluding carboxylic acids is 2. The first kappa shape index (κ1) is 6.99. The van der Waals surface area contributed by atoms with Crippen molar-refractivity contribution in [2.24, 2.45) is 0 Å². The maximum absolute atomic E-state index is 10.7. The summed E-state index contributed by atoms with van der Waals surface area (Å²) in [4.78, 5) is 21.0. The maximum Gasteiger partial charge on any atom is 0.334 e. The van der Waals surface area contributed by atoms with Crippen molar-refractivity contribution in [3.63, 3.8) is 0 Å². The zero-order chi connectivity index (χ0) is 7.56. The van der Waals surface area contributed by atoms with Gasteiger partial charge in [-0.2, -0.15) is 0 Å². The molecular weight excluding hydrogens is 132 g/mol. The van der Waals surface area contributed by atoms with Crippen LogP contribution in [0.5, 0.6) is 0 Å². The molecule has 0 bridgehead atoms. The summed E-state index contributed by atoms with van der Waals surface area (Å²) in [6.07, 6.45) is 1.26. The van der Waals surface area contributed by atoms with Gasteiger partial charge >= 0.3 is 5.97 Å². The molecule has 0 radical (unpaired) electrons. The Labute approximate surface area is 58.7 Å². The van der Waals surface area contributed by atoms with Gasteiger partial charge in [0.15, 0.2) is 0 Å². The first-order chi connectivity index (χ1) is 4.79. The van der Waals surface area contributed by atoms with Crippen LogP contribution >= 0.6 is 0 Å². The lowest BCUT2D eigenvalue weighted by molar-refractivity contribution is -0.136. The van der Waals surface area contributed by atoms with Gasteiger partial charge in [0.1, 0.15) is 12.9 Å². The van der Waals surface area contributed by atoms with Crippen LogP contribution < -0.4 is 0 Å². The number of hydrogen-bond acceptors (Lipinski definition) is 3. The lowest BCUT2D eigenvalue weighted by Gasteiger charge is -1.89. The molecule has 54 valence electrons. The van der Waals surface area contributed by atoms with E-state index in [0.717, 1.165) is 0 Å². The Morgan fingerprint density at radius 1 is 1.70 bits per heavy atom. The third kappa shape index (κ3) is 0.943. The van der Waals surface area contributed by atoms with Crippen LogP contribution in [0.15, 0.2) is 11.1 Å². The van der Waals surface area contributed by atoms with Crippen molar-refractivity contribution in [3.05, 3.63) is 11.1 Å². The number of aldehydes is 1. The highest BCUT2D eigenvalue weighted by atomic mass is 16.5. The van der Waals surface area contributed by atoms with Crippen molar-refractivity contribution in [3.8, 4) is 0 Å². The Balaban J connectivity index is 2.91. The summed E-state index contributed by atoms with van der Waals surface area (Å²) >= 11 is 0. The molecule has 0 aliphatic carbocycles. The van der Waals surface area contributed by atoms with Crippen molar-refractivity contribution < 1.29 is 14.3 Å². The number of cyclic esters (lactones) is 1. The molecule has 0 spiro atoms. The Hall–Kier alpha value is -1.12. The van der Waals surface area contributed by atoms with Crippen molar-refractivity contribution in [1.82, 2.24) is 0 Å². The average Bonchev–Trinajstić information content (AvgIpc) is 2.30. The van der Waals surface area contributed by atoms with Crippen LogP contribution in [0.1, 0.15) is 13.3 Å². The normalized spacial score (nSPS) is 17.5. The minimum absolute atomic E-state index is 0.158. The molecule has 3 nitrogen and oxygen atoms in total. The molecule has 0 aromatic heterocycles. The zero-order valence-corrected chi connectivity index (χ0v) is 5.72. The number of esters is 1. The van der Waals surface area contributed by atoms with Crippen LogP contribution in [0.3, 0.4) is 0 Å². The molecule has 0 atom stereocenters. The molecule has 0 aromatic rings. The Bertz CT molecular complexity index is 203. The molecule has 0 aromatic carbocycles. The molecule has 0 N–H and O–H groups in total. The standard InChI is InChI=1S/C7H8O3/c1-2-6-5(3-8)4-10-7(6)9/h3H,2,4H2,1H3. The second kappa shape index (κ2) is 2.64. The van der Waals surface area contributed by atoms with Crippen LogP contribution in [0.25, 0.3) is 0 Å². The summed E-state index contributed by atoms with van der Waals surface area (Å²) in [6.45, 7) is 1.98.